The number of rotatable bonds is 7. The van der Waals surface area contributed by atoms with Crippen LogP contribution in [0.15, 0.2) is 33.7 Å². The molecule has 0 aliphatic heterocycles. The fourth-order valence-electron chi connectivity index (χ4n) is 2.39. The van der Waals surface area contributed by atoms with E-state index in [0.717, 1.165) is 11.3 Å². The molecule has 0 aliphatic rings. The molecule has 1 heterocycles. The number of carbonyl (C=O) groups is 1. The molecule has 142 valence electrons. The number of nitrogens with zero attached hydrogens (tertiary/aromatic N) is 2. The predicted molar refractivity (Wildman–Crippen MR) is 98.2 cm³/mol. The topological polar surface area (TPSA) is 92.5 Å². The average Bonchev–Trinajstić information content (AvgIpc) is 2.91. The van der Waals surface area contributed by atoms with Crippen molar-refractivity contribution in [3.63, 3.8) is 0 Å². The van der Waals surface area contributed by atoms with Gasteiger partial charge in [0.05, 0.1) is 17.1 Å². The van der Waals surface area contributed by atoms with Crippen molar-refractivity contribution in [3.8, 4) is 0 Å². The molecule has 0 radical (unpaired) electrons. The minimum atomic E-state index is -3.57. The lowest BCUT2D eigenvalue weighted by Gasteiger charge is -2.17. The third-order valence-electron chi connectivity index (χ3n) is 4.02. The summed E-state index contributed by atoms with van der Waals surface area (Å²) in [6.45, 7) is 8.22. The van der Waals surface area contributed by atoms with Crippen LogP contribution in [0.5, 0.6) is 0 Å². The maximum Gasteiger partial charge on any atom is 0.253 e. The van der Waals surface area contributed by atoms with Crippen molar-refractivity contribution in [1.29, 1.82) is 0 Å². The summed E-state index contributed by atoms with van der Waals surface area (Å²) in [4.78, 5) is 14.3. The highest BCUT2D eigenvalue weighted by Gasteiger charge is 2.19. The van der Waals surface area contributed by atoms with Gasteiger partial charge in [-0.1, -0.05) is 19.0 Å². The summed E-state index contributed by atoms with van der Waals surface area (Å²) in [7, 11) is -1.88. The van der Waals surface area contributed by atoms with Crippen molar-refractivity contribution in [3.05, 3.63) is 46.8 Å². The Morgan fingerprint density at radius 3 is 2.35 bits per heavy atom. The van der Waals surface area contributed by atoms with Gasteiger partial charge in [-0.25, -0.2) is 13.1 Å². The second-order valence-electron chi connectivity index (χ2n) is 6.73. The molecule has 26 heavy (non-hydrogen) atoms. The minimum Gasteiger partial charge on any atom is -0.361 e. The smallest absolute Gasteiger partial charge is 0.253 e. The molecule has 0 aliphatic carbocycles. The molecule has 2 rings (SSSR count). The third-order valence-corrected chi connectivity index (χ3v) is 5.46. The molecule has 1 amide bonds. The standard InChI is InChI=1S/C18H25N3O4S/c1-12(2)10-19-26(23,24)16-8-6-15(7-9-16)18(22)21(5)11-17-13(3)20-25-14(17)4/h6-9,12,19H,10-11H2,1-5H3. The highest BCUT2D eigenvalue weighted by molar-refractivity contribution is 7.89. The summed E-state index contributed by atoms with van der Waals surface area (Å²) in [5, 5.41) is 3.88. The maximum atomic E-state index is 12.6. The monoisotopic (exact) mass is 379 g/mol. The van der Waals surface area contributed by atoms with Gasteiger partial charge < -0.3 is 9.42 Å². The van der Waals surface area contributed by atoms with E-state index in [0.29, 0.717) is 24.4 Å². The van der Waals surface area contributed by atoms with Crippen LogP contribution in [-0.2, 0) is 16.6 Å². The molecule has 0 fully saturated rings. The molecule has 0 atom stereocenters. The van der Waals surface area contributed by atoms with E-state index in [1.54, 1.807) is 18.9 Å². The lowest BCUT2D eigenvalue weighted by Crippen LogP contribution is -2.28. The number of hydrogen-bond acceptors (Lipinski definition) is 5. The van der Waals surface area contributed by atoms with E-state index >= 15 is 0 Å². The molecule has 8 heteroatoms. The Balaban J connectivity index is 2.11. The molecule has 0 spiro atoms. The van der Waals surface area contributed by atoms with Crippen LogP contribution in [0.2, 0.25) is 0 Å². The SMILES string of the molecule is Cc1noc(C)c1CN(C)C(=O)c1ccc(S(=O)(=O)NCC(C)C)cc1. The van der Waals surface area contributed by atoms with E-state index in [2.05, 4.69) is 9.88 Å². The van der Waals surface area contributed by atoms with Crippen molar-refractivity contribution >= 4 is 15.9 Å². The van der Waals surface area contributed by atoms with Gasteiger partial charge in [-0.2, -0.15) is 0 Å². The Bertz CT molecular complexity index is 851. The first-order chi connectivity index (χ1) is 12.1. The molecule has 2 aromatic rings. The molecular formula is C18H25N3O4S. The van der Waals surface area contributed by atoms with E-state index in [1.807, 2.05) is 20.8 Å². The molecule has 0 bridgehead atoms. The Morgan fingerprint density at radius 2 is 1.85 bits per heavy atom. The van der Waals surface area contributed by atoms with Gasteiger partial charge in [0.1, 0.15) is 5.76 Å². The van der Waals surface area contributed by atoms with Crippen LogP contribution in [0, 0.1) is 19.8 Å². The van der Waals surface area contributed by atoms with Crippen molar-refractivity contribution in [2.45, 2.75) is 39.1 Å². The highest BCUT2D eigenvalue weighted by atomic mass is 32.2. The van der Waals surface area contributed by atoms with Gasteiger partial charge in [0.2, 0.25) is 10.0 Å². The zero-order valence-corrected chi connectivity index (χ0v) is 16.6. The number of amides is 1. The first-order valence-electron chi connectivity index (χ1n) is 8.38. The largest absolute Gasteiger partial charge is 0.361 e. The van der Waals surface area contributed by atoms with Crippen molar-refractivity contribution in [2.24, 2.45) is 5.92 Å². The minimum absolute atomic E-state index is 0.142. The number of hydrogen-bond donors (Lipinski definition) is 1. The molecule has 1 aromatic carbocycles. The number of nitrogens with one attached hydrogen (secondary N) is 1. The van der Waals surface area contributed by atoms with Crippen molar-refractivity contribution in [1.82, 2.24) is 14.8 Å². The average molecular weight is 379 g/mol. The molecule has 0 saturated carbocycles. The van der Waals surface area contributed by atoms with Gasteiger partial charge in [0.25, 0.3) is 5.91 Å². The molecule has 1 N–H and O–H groups in total. The molecule has 7 nitrogen and oxygen atoms in total. The van der Waals surface area contributed by atoms with Crippen LogP contribution in [-0.4, -0.2) is 38.0 Å². The molecule has 0 unspecified atom stereocenters. The van der Waals surface area contributed by atoms with E-state index in [4.69, 9.17) is 4.52 Å². The van der Waals surface area contributed by atoms with Gasteiger partial charge in [-0.05, 0) is 44.0 Å². The molecule has 0 saturated heterocycles. The zero-order valence-electron chi connectivity index (χ0n) is 15.7. The Hall–Kier alpha value is -2.19. The van der Waals surface area contributed by atoms with Gasteiger partial charge >= 0.3 is 0 Å². The summed E-state index contributed by atoms with van der Waals surface area (Å²) in [6.07, 6.45) is 0. The Labute approximate surface area is 154 Å². The van der Waals surface area contributed by atoms with Crippen molar-refractivity contribution < 1.29 is 17.7 Å². The van der Waals surface area contributed by atoms with E-state index in [-0.39, 0.29) is 16.7 Å². The van der Waals surface area contributed by atoms with E-state index in [1.165, 1.54) is 24.3 Å². The molecule has 1 aromatic heterocycles. The summed E-state index contributed by atoms with van der Waals surface area (Å²) >= 11 is 0. The second-order valence-corrected chi connectivity index (χ2v) is 8.50. The van der Waals surface area contributed by atoms with Gasteiger partial charge in [-0.3, -0.25) is 4.79 Å². The van der Waals surface area contributed by atoms with Gasteiger partial charge in [-0.15, -0.1) is 0 Å². The fourth-order valence-corrected chi connectivity index (χ4v) is 3.61. The van der Waals surface area contributed by atoms with Crippen LogP contribution < -0.4 is 4.72 Å². The number of aryl methyl sites for hydroxylation is 2. The number of carbonyl (C=O) groups excluding carboxylic acids is 1. The number of aromatic nitrogens is 1. The van der Waals surface area contributed by atoms with E-state index < -0.39 is 10.0 Å². The molecular weight excluding hydrogens is 354 g/mol. The summed E-state index contributed by atoms with van der Waals surface area (Å²) < 4.78 is 32.1. The normalized spacial score (nSPS) is 11.8. The van der Waals surface area contributed by atoms with Gasteiger partial charge in [0, 0.05) is 24.7 Å². The summed E-state index contributed by atoms with van der Waals surface area (Å²) in [5.74, 6) is 0.688. The Morgan fingerprint density at radius 1 is 1.23 bits per heavy atom. The predicted octanol–water partition coefficient (Wildman–Crippen LogP) is 2.50. The number of sulfonamides is 1. The lowest BCUT2D eigenvalue weighted by atomic mass is 10.1. The second kappa shape index (κ2) is 8.01. The van der Waals surface area contributed by atoms with Gasteiger partial charge in [0.15, 0.2) is 0 Å². The van der Waals surface area contributed by atoms with Crippen LogP contribution >= 0.6 is 0 Å². The summed E-state index contributed by atoms with van der Waals surface area (Å²) in [5.41, 5.74) is 2.04. The van der Waals surface area contributed by atoms with Crippen molar-refractivity contribution in [2.75, 3.05) is 13.6 Å². The first-order valence-corrected chi connectivity index (χ1v) is 9.87. The maximum absolute atomic E-state index is 12.6. The lowest BCUT2D eigenvalue weighted by molar-refractivity contribution is 0.0784. The fraction of sp³-hybridized carbons (Fsp3) is 0.444. The highest BCUT2D eigenvalue weighted by Crippen LogP contribution is 2.17. The van der Waals surface area contributed by atoms with Crippen LogP contribution in [0.4, 0.5) is 0 Å². The third kappa shape index (κ3) is 4.70. The number of benzene rings is 1. The first kappa shape index (κ1) is 20.1. The Kier molecular flexibility index (Phi) is 6.20. The zero-order chi connectivity index (χ0) is 19.5. The van der Waals surface area contributed by atoms with Crippen LogP contribution in [0.3, 0.4) is 0 Å². The van der Waals surface area contributed by atoms with Crippen LogP contribution in [0.1, 0.15) is 41.2 Å². The quantitative estimate of drug-likeness (QED) is 0.798. The van der Waals surface area contributed by atoms with E-state index in [9.17, 15) is 13.2 Å². The summed E-state index contributed by atoms with van der Waals surface area (Å²) in [6, 6.07) is 5.94. The van der Waals surface area contributed by atoms with Crippen LogP contribution in [0.25, 0.3) is 0 Å².